The number of halogens is 1. The molecule has 1 aromatic heterocycles. The molecule has 1 aromatic carbocycles. The van der Waals surface area contributed by atoms with Gasteiger partial charge in [0, 0.05) is 31.7 Å². The number of ether oxygens (including phenoxy) is 1. The Morgan fingerprint density at radius 2 is 2.00 bits per heavy atom. The molecule has 0 radical (unpaired) electrons. The Morgan fingerprint density at radius 3 is 2.56 bits per heavy atom. The lowest BCUT2D eigenvalue weighted by Gasteiger charge is -2.24. The van der Waals surface area contributed by atoms with Crippen LogP contribution in [0.3, 0.4) is 0 Å². The van der Waals surface area contributed by atoms with Crippen LogP contribution in [0.25, 0.3) is 10.9 Å². The average Bonchev–Trinajstić information content (AvgIpc) is 3.51. The Balaban J connectivity index is 1.86. The molecule has 172 valence electrons. The molecule has 1 saturated carbocycles. The summed E-state index contributed by atoms with van der Waals surface area (Å²) in [5.74, 6) is -3.25. The first-order valence-corrected chi connectivity index (χ1v) is 10.3. The third-order valence-electron chi connectivity index (χ3n) is 6.23. The minimum absolute atomic E-state index is 0.0165. The Bertz CT molecular complexity index is 1140. The number of carbonyl (C=O) groups is 2. The number of hydroxylamine groups is 1. The van der Waals surface area contributed by atoms with Crippen molar-refractivity contribution < 1.29 is 34.1 Å². The molecule has 2 heterocycles. The standard InChI is InChI=1S/C21H24FN3O7/c1-32-20-17-12(19(28)13(21(29)30)8-25(17)11-3-4-11)6-14(22)18(20)24-7-10(2-5-16(26)27)15(9-24)23-31/h6,8,10-11,15,23,31H,2-5,7,9H2,1H3,(H,26,27)(H,29,30). The van der Waals surface area contributed by atoms with Gasteiger partial charge in [0.05, 0.1) is 24.1 Å². The predicted molar refractivity (Wildman–Crippen MR) is 111 cm³/mol. The second-order valence-corrected chi connectivity index (χ2v) is 8.28. The highest BCUT2D eigenvalue weighted by Crippen LogP contribution is 2.44. The van der Waals surface area contributed by atoms with Crippen molar-refractivity contribution in [2.75, 3.05) is 25.1 Å². The van der Waals surface area contributed by atoms with Gasteiger partial charge in [0.15, 0.2) is 11.6 Å². The van der Waals surface area contributed by atoms with Crippen molar-refractivity contribution >= 4 is 28.5 Å². The maximum absolute atomic E-state index is 15.4. The van der Waals surface area contributed by atoms with E-state index in [1.54, 1.807) is 9.47 Å². The molecule has 0 amide bonds. The molecule has 11 heteroatoms. The van der Waals surface area contributed by atoms with Crippen LogP contribution >= 0.6 is 0 Å². The van der Waals surface area contributed by atoms with Gasteiger partial charge in [0.1, 0.15) is 11.3 Å². The van der Waals surface area contributed by atoms with Gasteiger partial charge < -0.3 is 29.6 Å². The van der Waals surface area contributed by atoms with Crippen molar-refractivity contribution in [2.24, 2.45) is 5.92 Å². The minimum atomic E-state index is -1.38. The van der Waals surface area contributed by atoms with Crippen molar-refractivity contribution in [1.29, 1.82) is 0 Å². The van der Waals surface area contributed by atoms with Crippen LogP contribution in [-0.2, 0) is 4.79 Å². The Kier molecular flexibility index (Phi) is 5.78. The molecular weight excluding hydrogens is 425 g/mol. The van der Waals surface area contributed by atoms with Crippen molar-refractivity contribution in [3.63, 3.8) is 0 Å². The van der Waals surface area contributed by atoms with Crippen LogP contribution in [0, 0.1) is 11.7 Å². The zero-order valence-electron chi connectivity index (χ0n) is 17.4. The molecular formula is C21H24FN3O7. The summed E-state index contributed by atoms with van der Waals surface area (Å²) in [5.41, 5.74) is 1.38. The average molecular weight is 449 g/mol. The van der Waals surface area contributed by atoms with Crippen LogP contribution in [0.15, 0.2) is 17.1 Å². The summed E-state index contributed by atoms with van der Waals surface area (Å²) in [6.45, 7) is 0.464. The molecule has 2 unspecified atom stereocenters. The van der Waals surface area contributed by atoms with Crippen molar-refractivity contribution in [1.82, 2.24) is 10.0 Å². The number of aromatic carboxylic acids is 1. The normalized spacial score (nSPS) is 20.7. The number of fused-ring (bicyclic) bond motifs is 1. The lowest BCUT2D eigenvalue weighted by Crippen LogP contribution is -2.34. The van der Waals surface area contributed by atoms with E-state index in [1.165, 1.54) is 13.3 Å². The summed E-state index contributed by atoms with van der Waals surface area (Å²) in [5, 5.41) is 27.9. The van der Waals surface area contributed by atoms with Crippen LogP contribution in [0.4, 0.5) is 10.1 Å². The number of hydrogen-bond acceptors (Lipinski definition) is 7. The smallest absolute Gasteiger partial charge is 0.341 e. The predicted octanol–water partition coefficient (Wildman–Crippen LogP) is 1.83. The molecule has 2 atom stereocenters. The molecule has 1 saturated heterocycles. The van der Waals surface area contributed by atoms with Crippen LogP contribution in [0.1, 0.15) is 42.1 Å². The van der Waals surface area contributed by atoms with E-state index in [2.05, 4.69) is 5.48 Å². The molecule has 4 rings (SSSR count). The summed E-state index contributed by atoms with van der Waals surface area (Å²) in [6.07, 6.45) is 3.07. The number of anilines is 1. The van der Waals surface area contributed by atoms with E-state index in [0.717, 1.165) is 18.9 Å². The van der Waals surface area contributed by atoms with Crippen LogP contribution in [-0.4, -0.2) is 58.2 Å². The summed E-state index contributed by atoms with van der Waals surface area (Å²) >= 11 is 0. The zero-order chi connectivity index (χ0) is 23.2. The fourth-order valence-corrected chi connectivity index (χ4v) is 4.53. The molecule has 1 aliphatic heterocycles. The zero-order valence-corrected chi connectivity index (χ0v) is 17.4. The van der Waals surface area contributed by atoms with Crippen molar-refractivity contribution in [3.05, 3.63) is 33.9 Å². The van der Waals surface area contributed by atoms with E-state index < -0.39 is 34.8 Å². The summed E-state index contributed by atoms with van der Waals surface area (Å²) in [7, 11) is 1.35. The number of pyridine rings is 1. The van der Waals surface area contributed by atoms with E-state index >= 15 is 4.39 Å². The topological polar surface area (TPSA) is 141 Å². The third-order valence-corrected chi connectivity index (χ3v) is 6.23. The molecule has 2 aliphatic rings. The highest BCUT2D eigenvalue weighted by Gasteiger charge is 2.37. The van der Waals surface area contributed by atoms with Gasteiger partial charge >= 0.3 is 11.9 Å². The Hall–Kier alpha value is -3.18. The first-order valence-electron chi connectivity index (χ1n) is 10.3. The van der Waals surface area contributed by atoms with Gasteiger partial charge in [0.2, 0.25) is 5.43 Å². The molecule has 0 bridgehead atoms. The number of hydrogen-bond donors (Lipinski definition) is 4. The highest BCUT2D eigenvalue weighted by molar-refractivity contribution is 5.97. The van der Waals surface area contributed by atoms with Gasteiger partial charge in [-0.05, 0) is 31.2 Å². The first kappa shape index (κ1) is 22.0. The van der Waals surface area contributed by atoms with Crippen LogP contribution in [0.5, 0.6) is 5.75 Å². The summed E-state index contributed by atoms with van der Waals surface area (Å²) < 4.78 is 22.6. The minimum Gasteiger partial charge on any atom is -0.492 e. The number of methoxy groups -OCH3 is 1. The van der Waals surface area contributed by atoms with Gasteiger partial charge in [-0.3, -0.25) is 9.59 Å². The monoisotopic (exact) mass is 449 g/mol. The van der Waals surface area contributed by atoms with Gasteiger partial charge in [0.25, 0.3) is 0 Å². The number of nitrogens with one attached hydrogen (secondary N) is 1. The van der Waals surface area contributed by atoms with Gasteiger partial charge in [-0.25, -0.2) is 14.7 Å². The fraction of sp³-hybridized carbons (Fsp3) is 0.476. The number of carboxylic acids is 2. The third kappa shape index (κ3) is 3.78. The van der Waals surface area contributed by atoms with E-state index in [9.17, 15) is 24.7 Å². The number of aromatic nitrogens is 1. The molecule has 0 spiro atoms. The molecule has 32 heavy (non-hydrogen) atoms. The van der Waals surface area contributed by atoms with E-state index in [-0.39, 0.29) is 54.7 Å². The summed E-state index contributed by atoms with van der Waals surface area (Å²) in [4.78, 5) is 37.0. The van der Waals surface area contributed by atoms with Crippen LogP contribution < -0.4 is 20.5 Å². The fourth-order valence-electron chi connectivity index (χ4n) is 4.53. The number of benzene rings is 1. The van der Waals surface area contributed by atoms with E-state index in [1.807, 2.05) is 0 Å². The SMILES string of the molecule is COc1c(N2CC(CCC(=O)O)C(NO)C2)c(F)cc2c(=O)c(C(=O)O)cn(C3CC3)c12. The van der Waals surface area contributed by atoms with Gasteiger partial charge in [-0.1, -0.05) is 0 Å². The second kappa shape index (κ2) is 8.40. The number of rotatable bonds is 8. The van der Waals surface area contributed by atoms with E-state index in [4.69, 9.17) is 9.84 Å². The quantitative estimate of drug-likeness (QED) is 0.444. The summed E-state index contributed by atoms with van der Waals surface area (Å²) in [6, 6.07) is 0.540. The molecule has 2 aromatic rings. The molecule has 4 N–H and O–H groups in total. The molecule has 2 fully saturated rings. The lowest BCUT2D eigenvalue weighted by atomic mass is 9.98. The Labute approximate surface area is 181 Å². The molecule has 1 aliphatic carbocycles. The Morgan fingerprint density at radius 1 is 1.28 bits per heavy atom. The van der Waals surface area contributed by atoms with Crippen LogP contribution in [0.2, 0.25) is 0 Å². The number of carboxylic acid groups (broad SMARTS) is 2. The largest absolute Gasteiger partial charge is 0.492 e. The van der Waals surface area contributed by atoms with Crippen molar-refractivity contribution in [2.45, 2.75) is 37.8 Å². The number of aliphatic carboxylic acids is 1. The first-order chi connectivity index (χ1) is 15.3. The van der Waals surface area contributed by atoms with Gasteiger partial charge in [-0.15, -0.1) is 0 Å². The number of nitrogens with zero attached hydrogens (tertiary/aromatic N) is 2. The second-order valence-electron chi connectivity index (χ2n) is 8.28. The maximum Gasteiger partial charge on any atom is 0.341 e. The van der Waals surface area contributed by atoms with E-state index in [0.29, 0.717) is 5.52 Å². The maximum atomic E-state index is 15.4. The lowest BCUT2D eigenvalue weighted by molar-refractivity contribution is -0.137. The van der Waals surface area contributed by atoms with Crippen molar-refractivity contribution in [3.8, 4) is 5.75 Å². The highest BCUT2D eigenvalue weighted by atomic mass is 19.1. The molecule has 10 nitrogen and oxygen atoms in total. The van der Waals surface area contributed by atoms with Gasteiger partial charge in [-0.2, -0.15) is 0 Å².